The number of carbonyl (C=O) groups excluding carboxylic acids is 1. The molecule has 3 aromatic carbocycles. The smallest absolute Gasteiger partial charge is 0.345 e. The fourth-order valence-electron chi connectivity index (χ4n) is 3.17. The predicted octanol–water partition coefficient (Wildman–Crippen LogP) is 0.548. The summed E-state index contributed by atoms with van der Waals surface area (Å²) in [5.74, 6) is -0.146. The van der Waals surface area contributed by atoms with Crippen LogP contribution in [0.3, 0.4) is 0 Å². The molecule has 0 aliphatic rings. The molecule has 0 radical (unpaired) electrons. The molecule has 0 fully saturated rings. The second-order valence-electron chi connectivity index (χ2n) is 5.78. The summed E-state index contributed by atoms with van der Waals surface area (Å²) in [5.41, 5.74) is 0. The topological polar surface area (TPSA) is 26.3 Å². The van der Waals surface area contributed by atoms with Crippen molar-refractivity contribution in [2.45, 2.75) is 6.92 Å². The van der Waals surface area contributed by atoms with Crippen LogP contribution < -0.4 is 32.9 Å². The minimum Gasteiger partial charge on any atom is -1.00 e. The molecule has 0 unspecified atom stereocenters. The van der Waals surface area contributed by atoms with Gasteiger partial charge in [-0.05, 0) is 43.3 Å². The summed E-state index contributed by atoms with van der Waals surface area (Å²) in [7, 11) is -2.11. The molecule has 0 atom stereocenters. The van der Waals surface area contributed by atoms with Crippen molar-refractivity contribution in [2.75, 3.05) is 12.8 Å². The third-order valence-electron chi connectivity index (χ3n) is 4.26. The zero-order valence-corrected chi connectivity index (χ0v) is 17.2. The Labute approximate surface area is 166 Å². The summed E-state index contributed by atoms with van der Waals surface area (Å²) in [5, 5.41) is 3.58. The Morgan fingerprint density at radius 2 is 1.08 bits per heavy atom. The molecule has 2 nitrogen and oxygen atoms in total. The van der Waals surface area contributed by atoms with Crippen LogP contribution in [0.25, 0.3) is 0 Å². The van der Waals surface area contributed by atoms with E-state index in [1.807, 2.05) is 61.5 Å². The van der Waals surface area contributed by atoms with E-state index in [1.165, 1.54) is 15.9 Å². The Bertz CT molecular complexity index is 711. The molecule has 0 saturated carbocycles. The number of hydrogen-bond acceptors (Lipinski definition) is 2. The maximum absolute atomic E-state index is 12.6. The largest absolute Gasteiger partial charge is 1.00 e. The first-order valence-corrected chi connectivity index (χ1v) is 10.5. The second kappa shape index (κ2) is 9.66. The highest BCUT2D eigenvalue weighted by molar-refractivity contribution is 7.96. The summed E-state index contributed by atoms with van der Waals surface area (Å²) >= 11 is 0. The van der Waals surface area contributed by atoms with Crippen LogP contribution in [0.2, 0.25) is 0 Å². The maximum atomic E-state index is 12.6. The van der Waals surface area contributed by atoms with Crippen molar-refractivity contribution < 1.29 is 26.5 Å². The van der Waals surface area contributed by atoms with E-state index in [1.54, 1.807) is 0 Å². The SMILES string of the molecule is [13CH3][13CH2]OC(=O)C[P+](c1ccccc1)(c1ccccc1)c1ccccc1.[Br-]. The van der Waals surface area contributed by atoms with Gasteiger partial charge in [-0.15, -0.1) is 0 Å². The van der Waals surface area contributed by atoms with Crippen molar-refractivity contribution in [1.29, 1.82) is 0 Å². The Morgan fingerprint density at radius 3 is 1.38 bits per heavy atom. The Kier molecular flexibility index (Phi) is 7.56. The molecular formula is C22H22BrO2P. The molecule has 26 heavy (non-hydrogen) atoms. The van der Waals surface area contributed by atoms with Crippen LogP contribution in [0.15, 0.2) is 91.0 Å². The van der Waals surface area contributed by atoms with Gasteiger partial charge in [-0.3, -0.25) is 0 Å². The van der Waals surface area contributed by atoms with Crippen LogP contribution in [0.1, 0.15) is 6.92 Å². The van der Waals surface area contributed by atoms with Crippen LogP contribution in [0.5, 0.6) is 0 Å². The van der Waals surface area contributed by atoms with Gasteiger partial charge in [-0.25, -0.2) is 4.79 Å². The summed E-state index contributed by atoms with van der Waals surface area (Å²) in [6.07, 6.45) is 0.374. The quantitative estimate of drug-likeness (QED) is 0.324. The lowest BCUT2D eigenvalue weighted by atomic mass is 10.4. The van der Waals surface area contributed by atoms with Gasteiger partial charge in [-0.2, -0.15) is 0 Å². The summed E-state index contributed by atoms with van der Waals surface area (Å²) in [6.45, 7) is 2.25. The first-order chi connectivity index (χ1) is 12.3. The van der Waals surface area contributed by atoms with Crippen molar-refractivity contribution in [1.82, 2.24) is 0 Å². The highest BCUT2D eigenvalue weighted by Crippen LogP contribution is 2.55. The van der Waals surface area contributed by atoms with E-state index >= 15 is 0 Å². The molecule has 3 rings (SSSR count). The average Bonchev–Trinajstić information content (AvgIpc) is 2.68. The molecule has 0 spiro atoms. The number of halogens is 1. The van der Waals surface area contributed by atoms with Gasteiger partial charge in [-0.1, -0.05) is 54.6 Å². The van der Waals surface area contributed by atoms with Gasteiger partial charge in [0.25, 0.3) is 0 Å². The number of benzene rings is 3. The number of ether oxygens (including phenoxy) is 1. The molecule has 0 heterocycles. The monoisotopic (exact) mass is 430 g/mol. The van der Waals surface area contributed by atoms with Crippen molar-refractivity contribution in [3.63, 3.8) is 0 Å². The number of hydrogen-bond donors (Lipinski definition) is 0. The molecule has 0 aliphatic heterocycles. The Hall–Kier alpha value is -1.96. The van der Waals surface area contributed by atoms with E-state index < -0.39 is 7.26 Å². The van der Waals surface area contributed by atoms with Crippen LogP contribution in [-0.4, -0.2) is 18.7 Å². The molecule has 134 valence electrons. The number of rotatable bonds is 6. The average molecular weight is 431 g/mol. The highest BCUT2D eigenvalue weighted by Gasteiger charge is 2.47. The fraction of sp³-hybridized carbons (Fsp3) is 0.136. The summed E-state index contributed by atoms with van der Waals surface area (Å²) in [4.78, 5) is 12.6. The van der Waals surface area contributed by atoms with Gasteiger partial charge in [0.15, 0.2) is 6.16 Å². The second-order valence-corrected chi connectivity index (χ2v) is 9.26. The van der Waals surface area contributed by atoms with E-state index in [4.69, 9.17) is 4.74 Å². The van der Waals surface area contributed by atoms with Crippen molar-refractivity contribution >= 4 is 29.1 Å². The molecule has 0 saturated heterocycles. The van der Waals surface area contributed by atoms with Gasteiger partial charge >= 0.3 is 5.97 Å². The van der Waals surface area contributed by atoms with Crippen LogP contribution >= 0.6 is 7.26 Å². The van der Waals surface area contributed by atoms with E-state index in [2.05, 4.69) is 36.4 Å². The van der Waals surface area contributed by atoms with Gasteiger partial charge in [0.05, 0.1) is 6.61 Å². The number of esters is 1. The minimum absolute atomic E-state index is 0. The third kappa shape index (κ3) is 4.23. The predicted molar refractivity (Wildman–Crippen MR) is 107 cm³/mol. The summed E-state index contributed by atoms with van der Waals surface area (Å²) < 4.78 is 5.35. The maximum Gasteiger partial charge on any atom is 0.345 e. The first-order valence-electron chi connectivity index (χ1n) is 8.48. The van der Waals surface area contributed by atoms with Crippen LogP contribution in [0.4, 0.5) is 0 Å². The molecule has 0 amide bonds. The zero-order valence-electron chi connectivity index (χ0n) is 14.7. The first kappa shape index (κ1) is 20.4. The van der Waals surface area contributed by atoms with E-state index in [0.717, 1.165) is 0 Å². The Morgan fingerprint density at radius 1 is 0.731 bits per heavy atom. The van der Waals surface area contributed by atoms with Crippen LogP contribution in [0, 0.1) is 0 Å². The lowest BCUT2D eigenvalue weighted by Gasteiger charge is -2.26. The highest BCUT2D eigenvalue weighted by atomic mass is 79.9. The van der Waals surface area contributed by atoms with Gasteiger partial charge in [0.2, 0.25) is 0 Å². The summed E-state index contributed by atoms with van der Waals surface area (Å²) in [6, 6.07) is 31.1. The lowest BCUT2D eigenvalue weighted by molar-refractivity contribution is -0.139. The Balaban J connectivity index is 0.00000243. The molecule has 0 aromatic heterocycles. The normalized spacial score (nSPS) is 10.7. The van der Waals surface area contributed by atoms with Crippen molar-refractivity contribution in [3.8, 4) is 0 Å². The van der Waals surface area contributed by atoms with E-state index in [0.29, 0.717) is 12.8 Å². The molecular weight excluding hydrogens is 409 g/mol. The minimum atomic E-state index is -2.11. The van der Waals surface area contributed by atoms with Gasteiger partial charge in [0, 0.05) is 0 Å². The fourth-order valence-corrected chi connectivity index (χ4v) is 7.13. The zero-order chi connectivity index (χ0) is 17.5. The molecule has 4 heteroatoms. The third-order valence-corrected chi connectivity index (χ3v) is 8.53. The lowest BCUT2D eigenvalue weighted by Crippen LogP contribution is -3.00. The molecule has 0 aliphatic carbocycles. The van der Waals surface area contributed by atoms with E-state index in [9.17, 15) is 4.79 Å². The van der Waals surface area contributed by atoms with Crippen molar-refractivity contribution in [2.24, 2.45) is 0 Å². The van der Waals surface area contributed by atoms with Gasteiger partial charge in [0.1, 0.15) is 23.2 Å². The standard InChI is InChI=1S/C22H22O2P.BrH/c1-2-24-22(23)18-25(19-12-6-3-7-13-19,20-14-8-4-9-15-20)21-16-10-5-11-17-21;/h3-17H,2,18H2,1H3;1H/q+1;/p-1/i1+1,2+1;. The van der Waals surface area contributed by atoms with Gasteiger partial charge < -0.3 is 21.7 Å². The molecule has 0 bridgehead atoms. The van der Waals surface area contributed by atoms with E-state index in [-0.39, 0.29) is 23.0 Å². The number of carbonyl (C=O) groups is 1. The molecule has 0 N–H and O–H groups in total. The van der Waals surface area contributed by atoms with Crippen LogP contribution in [-0.2, 0) is 9.53 Å². The molecule has 3 aromatic rings. The van der Waals surface area contributed by atoms with Crippen molar-refractivity contribution in [3.05, 3.63) is 91.0 Å².